The molecule has 0 bridgehead atoms. The number of hydrogen-bond donors (Lipinski definition) is 0. The molecule has 2 aromatic carbocycles. The minimum atomic E-state index is 0.0400. The SMILES string of the molecule is CCCN(Cc1nnc(-c2ccccc2Cl)o1)C(=O)Cc1ccc(C)cc1. The van der Waals surface area contributed by atoms with Crippen molar-refractivity contribution in [3.05, 3.63) is 70.6 Å². The van der Waals surface area contributed by atoms with E-state index in [4.69, 9.17) is 16.0 Å². The van der Waals surface area contributed by atoms with Gasteiger partial charge in [0.05, 0.1) is 23.6 Å². The van der Waals surface area contributed by atoms with Gasteiger partial charge in [-0.2, -0.15) is 0 Å². The second kappa shape index (κ2) is 8.82. The van der Waals surface area contributed by atoms with E-state index >= 15 is 0 Å². The van der Waals surface area contributed by atoms with Crippen LogP contribution in [0.25, 0.3) is 11.5 Å². The summed E-state index contributed by atoms with van der Waals surface area (Å²) in [4.78, 5) is 14.5. The Labute approximate surface area is 164 Å². The number of carbonyl (C=O) groups excluding carboxylic acids is 1. The standard InChI is InChI=1S/C21H22ClN3O2/c1-3-12-25(20(26)13-16-10-8-15(2)9-11-16)14-19-23-24-21(27-19)17-6-4-5-7-18(17)22/h4-11H,3,12-14H2,1-2H3. The molecule has 0 atom stereocenters. The summed E-state index contributed by atoms with van der Waals surface area (Å²) in [5.74, 6) is 0.798. The van der Waals surface area contributed by atoms with Crippen LogP contribution in [0.3, 0.4) is 0 Å². The molecule has 1 aromatic heterocycles. The highest BCUT2D eigenvalue weighted by Crippen LogP contribution is 2.26. The minimum Gasteiger partial charge on any atom is -0.419 e. The summed E-state index contributed by atoms with van der Waals surface area (Å²) in [5.41, 5.74) is 2.86. The predicted molar refractivity (Wildman–Crippen MR) is 105 cm³/mol. The molecule has 3 rings (SSSR count). The van der Waals surface area contributed by atoms with Crippen LogP contribution in [-0.2, 0) is 17.8 Å². The normalized spacial score (nSPS) is 10.8. The van der Waals surface area contributed by atoms with Gasteiger partial charge in [-0.05, 0) is 31.0 Å². The lowest BCUT2D eigenvalue weighted by molar-refractivity contribution is -0.131. The first kappa shape index (κ1) is 19.1. The molecule has 0 radical (unpaired) electrons. The number of carbonyl (C=O) groups is 1. The summed E-state index contributed by atoms with van der Waals surface area (Å²) < 4.78 is 5.74. The highest BCUT2D eigenvalue weighted by molar-refractivity contribution is 6.33. The maximum absolute atomic E-state index is 12.7. The molecule has 1 heterocycles. The Morgan fingerprint density at radius 3 is 2.56 bits per heavy atom. The first-order valence-corrected chi connectivity index (χ1v) is 9.35. The van der Waals surface area contributed by atoms with Crippen LogP contribution < -0.4 is 0 Å². The van der Waals surface area contributed by atoms with Crippen molar-refractivity contribution < 1.29 is 9.21 Å². The van der Waals surface area contributed by atoms with E-state index in [-0.39, 0.29) is 12.5 Å². The highest BCUT2D eigenvalue weighted by atomic mass is 35.5. The number of halogens is 1. The third kappa shape index (κ3) is 4.95. The molecule has 27 heavy (non-hydrogen) atoms. The molecule has 0 aliphatic carbocycles. The van der Waals surface area contributed by atoms with Crippen LogP contribution >= 0.6 is 11.6 Å². The van der Waals surface area contributed by atoms with Crippen molar-refractivity contribution in [1.29, 1.82) is 0 Å². The molecule has 3 aromatic rings. The van der Waals surface area contributed by atoms with E-state index in [0.717, 1.165) is 12.0 Å². The molecule has 0 spiro atoms. The maximum Gasteiger partial charge on any atom is 0.249 e. The number of rotatable bonds is 7. The molecule has 0 fully saturated rings. The molecule has 0 unspecified atom stereocenters. The van der Waals surface area contributed by atoms with Crippen LogP contribution in [0.1, 0.15) is 30.4 Å². The van der Waals surface area contributed by atoms with Gasteiger partial charge in [0.1, 0.15) is 0 Å². The Bertz CT molecular complexity index is 906. The predicted octanol–water partition coefficient (Wildman–Crippen LogP) is 4.68. The molecule has 0 saturated heterocycles. The van der Waals surface area contributed by atoms with Gasteiger partial charge in [-0.1, -0.05) is 60.5 Å². The molecule has 0 saturated carbocycles. The van der Waals surface area contributed by atoms with Gasteiger partial charge < -0.3 is 9.32 Å². The van der Waals surface area contributed by atoms with Gasteiger partial charge in [0.25, 0.3) is 0 Å². The third-order valence-corrected chi connectivity index (χ3v) is 4.55. The van der Waals surface area contributed by atoms with Crippen LogP contribution in [0.2, 0.25) is 5.02 Å². The monoisotopic (exact) mass is 383 g/mol. The summed E-state index contributed by atoms with van der Waals surface area (Å²) in [7, 11) is 0. The number of amides is 1. The lowest BCUT2D eigenvalue weighted by Gasteiger charge is -2.20. The zero-order valence-corrected chi connectivity index (χ0v) is 16.2. The quantitative estimate of drug-likeness (QED) is 0.594. The Morgan fingerprint density at radius 1 is 1.11 bits per heavy atom. The second-order valence-electron chi connectivity index (χ2n) is 6.46. The molecule has 5 nitrogen and oxygen atoms in total. The third-order valence-electron chi connectivity index (χ3n) is 4.22. The van der Waals surface area contributed by atoms with Gasteiger partial charge >= 0.3 is 0 Å². The topological polar surface area (TPSA) is 59.2 Å². The maximum atomic E-state index is 12.7. The van der Waals surface area contributed by atoms with Crippen molar-refractivity contribution >= 4 is 17.5 Å². The zero-order valence-electron chi connectivity index (χ0n) is 15.5. The van der Waals surface area contributed by atoms with Crippen molar-refractivity contribution in [3.8, 4) is 11.5 Å². The molecule has 0 aliphatic heterocycles. The second-order valence-corrected chi connectivity index (χ2v) is 6.87. The van der Waals surface area contributed by atoms with Crippen molar-refractivity contribution in [1.82, 2.24) is 15.1 Å². The molecule has 140 valence electrons. The average Bonchev–Trinajstić information content (AvgIpc) is 3.12. The average molecular weight is 384 g/mol. The number of hydrogen-bond acceptors (Lipinski definition) is 4. The number of nitrogens with zero attached hydrogens (tertiary/aromatic N) is 3. The van der Waals surface area contributed by atoms with Crippen LogP contribution in [-0.4, -0.2) is 27.5 Å². The largest absolute Gasteiger partial charge is 0.419 e. The Kier molecular flexibility index (Phi) is 6.24. The van der Waals surface area contributed by atoms with Gasteiger partial charge in [0.15, 0.2) is 0 Å². The van der Waals surface area contributed by atoms with Gasteiger partial charge in [-0.3, -0.25) is 4.79 Å². The summed E-state index contributed by atoms with van der Waals surface area (Å²) in [6, 6.07) is 15.3. The molecule has 0 aliphatic rings. The fraction of sp³-hybridized carbons (Fsp3) is 0.286. The Hall–Kier alpha value is -2.66. The first-order chi connectivity index (χ1) is 13.1. The van der Waals surface area contributed by atoms with E-state index in [2.05, 4.69) is 10.2 Å². The lowest BCUT2D eigenvalue weighted by Crippen LogP contribution is -2.32. The van der Waals surface area contributed by atoms with Gasteiger partial charge in [-0.25, -0.2) is 0 Å². The van der Waals surface area contributed by atoms with Crippen molar-refractivity contribution in [3.63, 3.8) is 0 Å². The van der Waals surface area contributed by atoms with E-state index in [9.17, 15) is 4.79 Å². The number of aromatic nitrogens is 2. The van der Waals surface area contributed by atoms with Crippen LogP contribution in [0, 0.1) is 6.92 Å². The van der Waals surface area contributed by atoms with E-state index in [1.165, 1.54) is 5.56 Å². The van der Waals surface area contributed by atoms with Crippen molar-refractivity contribution in [2.45, 2.75) is 33.2 Å². The zero-order chi connectivity index (χ0) is 19.2. The first-order valence-electron chi connectivity index (χ1n) is 8.97. The van der Waals surface area contributed by atoms with Gasteiger partial charge in [0.2, 0.25) is 17.7 Å². The van der Waals surface area contributed by atoms with Gasteiger partial charge in [0, 0.05) is 6.54 Å². The summed E-state index contributed by atoms with van der Waals surface area (Å²) in [6.45, 7) is 4.99. The van der Waals surface area contributed by atoms with Crippen molar-refractivity contribution in [2.24, 2.45) is 0 Å². The lowest BCUT2D eigenvalue weighted by atomic mass is 10.1. The highest BCUT2D eigenvalue weighted by Gasteiger charge is 2.18. The summed E-state index contributed by atoms with van der Waals surface area (Å²) in [5, 5.41) is 8.71. The summed E-state index contributed by atoms with van der Waals surface area (Å²) in [6.07, 6.45) is 1.21. The molecular formula is C21H22ClN3O2. The van der Waals surface area contributed by atoms with Crippen LogP contribution in [0.15, 0.2) is 52.9 Å². The summed E-state index contributed by atoms with van der Waals surface area (Å²) >= 11 is 6.18. The molecule has 0 N–H and O–H groups in total. The Balaban J connectivity index is 1.71. The van der Waals surface area contributed by atoms with E-state index < -0.39 is 0 Å². The number of benzene rings is 2. The number of aryl methyl sites for hydroxylation is 1. The fourth-order valence-electron chi connectivity index (χ4n) is 2.78. The van der Waals surface area contributed by atoms with E-state index in [1.807, 2.05) is 56.3 Å². The smallest absolute Gasteiger partial charge is 0.249 e. The molecular weight excluding hydrogens is 362 g/mol. The van der Waals surface area contributed by atoms with Crippen molar-refractivity contribution in [2.75, 3.05) is 6.54 Å². The van der Waals surface area contributed by atoms with Crippen LogP contribution in [0.5, 0.6) is 0 Å². The molecule has 1 amide bonds. The van der Waals surface area contributed by atoms with E-state index in [0.29, 0.717) is 35.3 Å². The minimum absolute atomic E-state index is 0.0400. The van der Waals surface area contributed by atoms with E-state index in [1.54, 1.807) is 11.0 Å². The van der Waals surface area contributed by atoms with Crippen LogP contribution in [0.4, 0.5) is 0 Å². The molecule has 6 heteroatoms. The van der Waals surface area contributed by atoms with Gasteiger partial charge in [-0.15, -0.1) is 10.2 Å². The fourth-order valence-corrected chi connectivity index (χ4v) is 3.00. The Morgan fingerprint density at radius 2 is 1.85 bits per heavy atom.